The van der Waals surface area contributed by atoms with Gasteiger partial charge in [-0.2, -0.15) is 0 Å². The summed E-state index contributed by atoms with van der Waals surface area (Å²) < 4.78 is 18.0. The van der Waals surface area contributed by atoms with Crippen molar-refractivity contribution in [1.82, 2.24) is 0 Å². The Hall–Kier alpha value is -0.600. The minimum atomic E-state index is -1.61. The zero-order valence-corrected chi connectivity index (χ0v) is 5.60. The van der Waals surface area contributed by atoms with E-state index in [0.29, 0.717) is 12.8 Å². The fourth-order valence-corrected chi connectivity index (χ4v) is 1.72. The molecule has 10 heavy (non-hydrogen) atoms. The van der Waals surface area contributed by atoms with E-state index in [1.165, 1.54) is 0 Å². The molecule has 0 aromatic rings. The minimum Gasteiger partial charge on any atom is -0.460 e. The maximum absolute atomic E-state index is 13.3. The minimum absolute atomic E-state index is 0.119. The van der Waals surface area contributed by atoms with Crippen LogP contribution < -0.4 is 0 Å². The smallest absolute Gasteiger partial charge is 0.344 e. The fraction of sp³-hybridized carbons (Fsp3) is 0.857. The molecule has 2 nitrogen and oxygen atoms in total. The van der Waals surface area contributed by atoms with Crippen molar-refractivity contribution in [2.45, 2.75) is 37.5 Å². The van der Waals surface area contributed by atoms with Crippen molar-refractivity contribution in [1.29, 1.82) is 0 Å². The lowest BCUT2D eigenvalue weighted by Crippen LogP contribution is -2.30. The van der Waals surface area contributed by atoms with Crippen molar-refractivity contribution in [3.05, 3.63) is 0 Å². The molecule has 0 N–H and O–H groups in total. The van der Waals surface area contributed by atoms with Gasteiger partial charge in [-0.15, -0.1) is 0 Å². The number of ether oxygens (including phenoxy) is 1. The van der Waals surface area contributed by atoms with Crippen LogP contribution in [0.2, 0.25) is 0 Å². The molecule has 2 atom stereocenters. The second-order valence-electron chi connectivity index (χ2n) is 3.09. The van der Waals surface area contributed by atoms with Gasteiger partial charge < -0.3 is 4.74 Å². The monoisotopic (exact) mass is 144 g/mol. The molecule has 0 spiro atoms. The Morgan fingerprint density at radius 2 is 2.50 bits per heavy atom. The van der Waals surface area contributed by atoms with Crippen molar-refractivity contribution in [3.63, 3.8) is 0 Å². The van der Waals surface area contributed by atoms with Gasteiger partial charge in [0.15, 0.2) is 0 Å². The molecular weight excluding hydrogens is 135 g/mol. The average Bonchev–Trinajstić information content (AvgIpc) is 2.04. The topological polar surface area (TPSA) is 26.3 Å². The molecule has 0 aromatic heterocycles. The van der Waals surface area contributed by atoms with Crippen molar-refractivity contribution in [2.24, 2.45) is 0 Å². The van der Waals surface area contributed by atoms with Gasteiger partial charge in [0.2, 0.25) is 5.67 Å². The molecule has 2 fully saturated rings. The summed E-state index contributed by atoms with van der Waals surface area (Å²) in [6.07, 6.45) is 2.17. The quantitative estimate of drug-likeness (QED) is 0.477. The van der Waals surface area contributed by atoms with E-state index in [2.05, 4.69) is 0 Å². The first kappa shape index (κ1) is 6.13. The summed E-state index contributed by atoms with van der Waals surface area (Å²) >= 11 is 0. The normalized spacial score (nSPS) is 45.3. The molecule has 1 saturated carbocycles. The molecule has 56 valence electrons. The lowest BCUT2D eigenvalue weighted by atomic mass is 9.88. The Labute approximate surface area is 58.4 Å². The second kappa shape index (κ2) is 1.71. The molecule has 0 amide bonds. The van der Waals surface area contributed by atoms with Crippen molar-refractivity contribution < 1.29 is 13.9 Å². The summed E-state index contributed by atoms with van der Waals surface area (Å²) in [6, 6.07) is 0. The predicted octanol–water partition coefficient (Wildman–Crippen LogP) is 1.19. The van der Waals surface area contributed by atoms with Crippen molar-refractivity contribution in [3.8, 4) is 0 Å². The molecule has 2 bridgehead atoms. The third-order valence-corrected chi connectivity index (χ3v) is 2.29. The van der Waals surface area contributed by atoms with Gasteiger partial charge in [0.1, 0.15) is 6.10 Å². The highest BCUT2D eigenvalue weighted by Crippen LogP contribution is 2.40. The first-order chi connectivity index (χ1) is 4.71. The number of fused-ring (bicyclic) bond motifs is 2. The van der Waals surface area contributed by atoms with E-state index < -0.39 is 11.6 Å². The van der Waals surface area contributed by atoms with Crippen LogP contribution in [0.25, 0.3) is 0 Å². The first-order valence-electron chi connectivity index (χ1n) is 3.61. The molecule has 2 unspecified atom stereocenters. The largest absolute Gasteiger partial charge is 0.460 e. The van der Waals surface area contributed by atoms with Crippen molar-refractivity contribution in [2.75, 3.05) is 0 Å². The zero-order chi connectivity index (χ0) is 7.19. The fourth-order valence-electron chi connectivity index (χ4n) is 1.72. The molecule has 1 heterocycles. The molecule has 2 rings (SSSR count). The molecule has 1 aliphatic heterocycles. The number of carbonyl (C=O) groups is 1. The van der Waals surface area contributed by atoms with Gasteiger partial charge in [0, 0.05) is 6.42 Å². The number of esters is 1. The molecule has 0 radical (unpaired) electrons. The van der Waals surface area contributed by atoms with Crippen molar-refractivity contribution >= 4 is 5.97 Å². The predicted molar refractivity (Wildman–Crippen MR) is 32.2 cm³/mol. The number of rotatable bonds is 0. The molecule has 2 aliphatic rings. The van der Waals surface area contributed by atoms with E-state index in [-0.39, 0.29) is 6.10 Å². The summed E-state index contributed by atoms with van der Waals surface area (Å²) in [5, 5.41) is 0. The van der Waals surface area contributed by atoms with Gasteiger partial charge >= 0.3 is 5.97 Å². The number of hydrogen-bond donors (Lipinski definition) is 0. The van der Waals surface area contributed by atoms with Crippen LogP contribution in [-0.4, -0.2) is 17.7 Å². The van der Waals surface area contributed by atoms with Gasteiger partial charge in [0.25, 0.3) is 0 Å². The summed E-state index contributed by atoms with van der Waals surface area (Å²) in [7, 11) is 0. The number of halogens is 1. The van der Waals surface area contributed by atoms with E-state index in [1.807, 2.05) is 0 Å². The van der Waals surface area contributed by atoms with E-state index in [1.54, 1.807) is 0 Å². The van der Waals surface area contributed by atoms with E-state index in [9.17, 15) is 9.18 Å². The third-order valence-electron chi connectivity index (χ3n) is 2.29. The van der Waals surface area contributed by atoms with E-state index >= 15 is 0 Å². The van der Waals surface area contributed by atoms with Gasteiger partial charge in [-0.05, 0) is 19.3 Å². The van der Waals surface area contributed by atoms with Gasteiger partial charge in [-0.3, -0.25) is 0 Å². The molecule has 3 heteroatoms. The standard InChI is InChI=1S/C7H9FO2/c8-7-3-1-2-5(4-7)10-6(7)9/h5H,1-4H2. The first-order valence-corrected chi connectivity index (χ1v) is 3.61. The number of alkyl halides is 1. The van der Waals surface area contributed by atoms with Crippen LogP contribution in [0.3, 0.4) is 0 Å². The lowest BCUT2D eigenvalue weighted by Gasteiger charge is -2.18. The summed E-state index contributed by atoms with van der Waals surface area (Å²) in [5.74, 6) is -0.630. The highest BCUT2D eigenvalue weighted by Gasteiger charge is 2.51. The molecular formula is C7H9FO2. The van der Waals surface area contributed by atoms with Crippen LogP contribution >= 0.6 is 0 Å². The molecule has 0 aromatic carbocycles. The van der Waals surface area contributed by atoms with Crippen LogP contribution in [0.5, 0.6) is 0 Å². The van der Waals surface area contributed by atoms with Crippen LogP contribution in [0.1, 0.15) is 25.7 Å². The lowest BCUT2D eigenvalue weighted by molar-refractivity contribution is -0.148. The Kier molecular flexibility index (Phi) is 1.05. The van der Waals surface area contributed by atoms with Crippen LogP contribution in [-0.2, 0) is 9.53 Å². The zero-order valence-electron chi connectivity index (χ0n) is 5.60. The number of hydrogen-bond acceptors (Lipinski definition) is 2. The third kappa shape index (κ3) is 0.662. The Morgan fingerprint density at radius 3 is 3.10 bits per heavy atom. The molecule has 1 aliphatic carbocycles. The highest BCUT2D eigenvalue weighted by atomic mass is 19.1. The van der Waals surface area contributed by atoms with Crippen LogP contribution in [0.15, 0.2) is 0 Å². The maximum atomic E-state index is 13.3. The van der Waals surface area contributed by atoms with Gasteiger partial charge in [-0.25, -0.2) is 9.18 Å². The Morgan fingerprint density at radius 1 is 1.70 bits per heavy atom. The SMILES string of the molecule is O=C1OC2CCCC1(F)C2. The summed E-state index contributed by atoms with van der Waals surface area (Å²) in [5.41, 5.74) is -1.61. The van der Waals surface area contributed by atoms with Gasteiger partial charge in [-0.1, -0.05) is 0 Å². The van der Waals surface area contributed by atoms with E-state index in [0.717, 1.165) is 12.8 Å². The Bertz CT molecular complexity index is 180. The molecule has 1 saturated heterocycles. The van der Waals surface area contributed by atoms with Crippen LogP contribution in [0, 0.1) is 0 Å². The number of carbonyl (C=O) groups excluding carboxylic acids is 1. The van der Waals surface area contributed by atoms with E-state index in [4.69, 9.17) is 4.74 Å². The average molecular weight is 144 g/mol. The second-order valence-corrected chi connectivity index (χ2v) is 3.09. The highest BCUT2D eigenvalue weighted by molar-refractivity contribution is 5.81. The summed E-state index contributed by atoms with van der Waals surface area (Å²) in [4.78, 5) is 10.8. The van der Waals surface area contributed by atoms with Gasteiger partial charge in [0.05, 0.1) is 0 Å². The summed E-state index contributed by atoms with van der Waals surface area (Å²) in [6.45, 7) is 0. The maximum Gasteiger partial charge on any atom is 0.344 e. The van der Waals surface area contributed by atoms with Crippen LogP contribution in [0.4, 0.5) is 4.39 Å². The Balaban J connectivity index is 2.26.